The number of fused-ring (bicyclic) bond motifs is 1. The number of halogens is 1. The molecule has 2 rings (SSSR count). The number of hydrogen-bond donors (Lipinski definition) is 1. The highest BCUT2D eigenvalue weighted by molar-refractivity contribution is 14.1. The third kappa shape index (κ3) is 3.33. The van der Waals surface area contributed by atoms with Gasteiger partial charge in [-0.25, -0.2) is 0 Å². The molecule has 1 aromatic heterocycles. The minimum Gasteiger partial charge on any atom is -0.285 e. The van der Waals surface area contributed by atoms with Gasteiger partial charge in [-0.3, -0.25) is 4.55 Å². The molecule has 17 heavy (non-hydrogen) atoms. The van der Waals surface area contributed by atoms with E-state index in [1.54, 1.807) is 6.20 Å². The van der Waals surface area contributed by atoms with Crippen LogP contribution in [0.4, 0.5) is 0 Å². The smallest absolute Gasteiger partial charge is 0.271 e. The molecular formula is C10H10IN2O3S+. The van der Waals surface area contributed by atoms with Gasteiger partial charge in [0.15, 0.2) is 18.3 Å². The van der Waals surface area contributed by atoms with Crippen molar-refractivity contribution < 1.29 is 17.7 Å². The largest absolute Gasteiger partial charge is 0.285 e. The van der Waals surface area contributed by atoms with E-state index in [9.17, 15) is 8.42 Å². The topological polar surface area (TPSA) is 71.1 Å². The van der Waals surface area contributed by atoms with E-state index in [0.29, 0.717) is 0 Å². The van der Waals surface area contributed by atoms with Crippen LogP contribution >= 0.6 is 22.6 Å². The second-order valence-corrected chi connectivity index (χ2v) is 6.28. The van der Waals surface area contributed by atoms with Crippen molar-refractivity contribution in [1.82, 2.24) is 5.10 Å². The Morgan fingerprint density at radius 3 is 2.82 bits per heavy atom. The SMILES string of the molecule is O=S(=O)(O)CC[n+]1ccc2cccc(I)c2n1. The standard InChI is InChI=1S/C10H9IN2O3S/c11-9-3-1-2-8-4-5-13(12-10(8)9)6-7-17(14,15)16/h1-5H,6-7H2/p+1. The lowest BCUT2D eigenvalue weighted by Gasteiger charge is -1.98. The van der Waals surface area contributed by atoms with Gasteiger partial charge in [0.05, 0.1) is 0 Å². The first kappa shape index (κ1) is 12.7. The van der Waals surface area contributed by atoms with E-state index in [1.807, 2.05) is 24.3 Å². The number of benzene rings is 1. The molecule has 1 aromatic carbocycles. The zero-order chi connectivity index (χ0) is 12.5. The highest BCUT2D eigenvalue weighted by atomic mass is 127. The maximum absolute atomic E-state index is 10.6. The fourth-order valence-electron chi connectivity index (χ4n) is 1.43. The Labute approximate surface area is 112 Å². The van der Waals surface area contributed by atoms with Crippen molar-refractivity contribution in [3.05, 3.63) is 34.0 Å². The Morgan fingerprint density at radius 1 is 1.35 bits per heavy atom. The molecular weight excluding hydrogens is 355 g/mol. The van der Waals surface area contributed by atoms with E-state index >= 15 is 0 Å². The highest BCUT2D eigenvalue weighted by Crippen LogP contribution is 2.15. The summed E-state index contributed by atoms with van der Waals surface area (Å²) in [6.07, 6.45) is 1.70. The van der Waals surface area contributed by atoms with Crippen LogP contribution < -0.4 is 4.68 Å². The van der Waals surface area contributed by atoms with Gasteiger partial charge >= 0.3 is 0 Å². The number of rotatable bonds is 3. The quantitative estimate of drug-likeness (QED) is 0.501. The second kappa shape index (κ2) is 4.83. The summed E-state index contributed by atoms with van der Waals surface area (Å²) in [5, 5.41) is 5.31. The number of aryl methyl sites for hydroxylation is 1. The van der Waals surface area contributed by atoms with Crippen LogP contribution in [0.15, 0.2) is 30.5 Å². The van der Waals surface area contributed by atoms with Crippen molar-refractivity contribution in [3.63, 3.8) is 0 Å². The molecule has 0 saturated heterocycles. The van der Waals surface area contributed by atoms with Crippen molar-refractivity contribution >= 4 is 43.6 Å². The minimum absolute atomic E-state index is 0.139. The predicted molar refractivity (Wildman–Crippen MR) is 71.1 cm³/mol. The summed E-state index contributed by atoms with van der Waals surface area (Å²) in [6, 6.07) is 7.68. The molecule has 0 bridgehead atoms. The lowest BCUT2D eigenvalue weighted by Crippen LogP contribution is -2.40. The molecule has 0 aliphatic carbocycles. The van der Waals surface area contributed by atoms with Crippen LogP contribution in [0.2, 0.25) is 0 Å². The molecule has 90 valence electrons. The van der Waals surface area contributed by atoms with Crippen molar-refractivity contribution in [2.75, 3.05) is 5.75 Å². The maximum Gasteiger partial charge on any atom is 0.271 e. The third-order valence-electron chi connectivity index (χ3n) is 2.25. The van der Waals surface area contributed by atoms with Gasteiger partial charge in [0.2, 0.25) is 0 Å². The van der Waals surface area contributed by atoms with Crippen molar-refractivity contribution in [3.8, 4) is 0 Å². The zero-order valence-corrected chi connectivity index (χ0v) is 11.7. The molecule has 0 unspecified atom stereocenters. The van der Waals surface area contributed by atoms with E-state index in [1.165, 1.54) is 4.68 Å². The number of nitrogens with zero attached hydrogens (tertiary/aromatic N) is 2. The van der Waals surface area contributed by atoms with Crippen LogP contribution in [0.25, 0.3) is 10.9 Å². The summed E-state index contributed by atoms with van der Waals surface area (Å²) < 4.78 is 32.5. The summed E-state index contributed by atoms with van der Waals surface area (Å²) in [5.41, 5.74) is 0.825. The molecule has 0 radical (unpaired) electrons. The molecule has 5 nitrogen and oxygen atoms in total. The molecule has 0 spiro atoms. The van der Waals surface area contributed by atoms with Crippen LogP contribution in [-0.4, -0.2) is 23.8 Å². The molecule has 0 aliphatic rings. The lowest BCUT2D eigenvalue weighted by atomic mass is 10.2. The Hall–Kier alpha value is -0.800. The van der Waals surface area contributed by atoms with E-state index in [2.05, 4.69) is 27.7 Å². The molecule has 0 atom stereocenters. The van der Waals surface area contributed by atoms with Crippen LogP contribution in [0.3, 0.4) is 0 Å². The highest BCUT2D eigenvalue weighted by Gasteiger charge is 2.12. The molecule has 0 fully saturated rings. The Kier molecular flexibility index (Phi) is 3.59. The van der Waals surface area contributed by atoms with E-state index < -0.39 is 10.1 Å². The van der Waals surface area contributed by atoms with Crippen molar-refractivity contribution in [2.45, 2.75) is 6.54 Å². The van der Waals surface area contributed by atoms with Crippen LogP contribution in [0.1, 0.15) is 0 Å². The molecule has 0 aliphatic heterocycles. The molecule has 0 amide bonds. The third-order valence-corrected chi connectivity index (χ3v) is 3.82. The van der Waals surface area contributed by atoms with Gasteiger partial charge in [0.25, 0.3) is 10.1 Å². The van der Waals surface area contributed by atoms with Crippen LogP contribution in [0.5, 0.6) is 0 Å². The Bertz CT molecular complexity index is 658. The van der Waals surface area contributed by atoms with Gasteiger partial charge in [-0.1, -0.05) is 16.8 Å². The van der Waals surface area contributed by atoms with Gasteiger partial charge in [-0.05, 0) is 28.7 Å². The zero-order valence-electron chi connectivity index (χ0n) is 8.75. The number of hydrogen-bond acceptors (Lipinski definition) is 3. The fourth-order valence-corrected chi connectivity index (χ4v) is 2.48. The second-order valence-electron chi connectivity index (χ2n) is 3.54. The molecule has 2 aromatic rings. The van der Waals surface area contributed by atoms with Gasteiger partial charge < -0.3 is 0 Å². The molecule has 1 N–H and O–H groups in total. The molecule has 7 heteroatoms. The molecule has 0 saturated carbocycles. The number of aromatic nitrogens is 2. The lowest BCUT2D eigenvalue weighted by molar-refractivity contribution is -0.747. The Balaban J connectivity index is 2.34. The Morgan fingerprint density at radius 2 is 2.12 bits per heavy atom. The first-order valence-corrected chi connectivity index (χ1v) is 7.55. The average Bonchev–Trinajstić information content (AvgIpc) is 2.26. The van der Waals surface area contributed by atoms with E-state index in [4.69, 9.17) is 4.55 Å². The summed E-state index contributed by atoms with van der Waals surface area (Å²) in [4.78, 5) is 0. The van der Waals surface area contributed by atoms with Gasteiger partial charge in [-0.15, -0.1) is 0 Å². The first-order chi connectivity index (χ1) is 7.96. The van der Waals surface area contributed by atoms with Gasteiger partial charge in [0.1, 0.15) is 5.75 Å². The van der Waals surface area contributed by atoms with Crippen LogP contribution in [-0.2, 0) is 16.7 Å². The van der Waals surface area contributed by atoms with Gasteiger partial charge in [0, 0.05) is 20.1 Å². The van der Waals surface area contributed by atoms with Gasteiger partial charge in [-0.2, -0.15) is 8.42 Å². The summed E-state index contributed by atoms with van der Waals surface area (Å²) >= 11 is 2.18. The summed E-state index contributed by atoms with van der Waals surface area (Å²) in [6.45, 7) is 0.139. The normalized spacial score (nSPS) is 11.9. The minimum atomic E-state index is -3.95. The molecule has 1 heterocycles. The van der Waals surface area contributed by atoms with Crippen molar-refractivity contribution in [1.29, 1.82) is 0 Å². The van der Waals surface area contributed by atoms with E-state index in [0.717, 1.165) is 14.5 Å². The predicted octanol–water partition coefficient (Wildman–Crippen LogP) is 1.01. The monoisotopic (exact) mass is 365 g/mol. The summed E-state index contributed by atoms with van der Waals surface area (Å²) in [5.74, 6) is -0.334. The fraction of sp³-hybridized carbons (Fsp3) is 0.200. The first-order valence-electron chi connectivity index (χ1n) is 4.86. The van der Waals surface area contributed by atoms with Crippen LogP contribution in [0, 0.1) is 3.57 Å². The summed E-state index contributed by atoms with van der Waals surface area (Å²) in [7, 11) is -3.95. The average molecular weight is 365 g/mol. The maximum atomic E-state index is 10.6. The van der Waals surface area contributed by atoms with Crippen molar-refractivity contribution in [2.24, 2.45) is 0 Å². The van der Waals surface area contributed by atoms with E-state index in [-0.39, 0.29) is 12.3 Å².